The Bertz CT molecular complexity index is 833. The van der Waals surface area contributed by atoms with Crippen LogP contribution >= 0.6 is 0 Å². The highest BCUT2D eigenvalue weighted by Crippen LogP contribution is 2.16. The molecule has 0 bridgehead atoms. The quantitative estimate of drug-likeness (QED) is 0.358. The average molecular weight is 411 g/mol. The molecule has 0 aliphatic rings. The van der Waals surface area contributed by atoms with Crippen molar-refractivity contribution in [3.05, 3.63) is 65.2 Å². The van der Waals surface area contributed by atoms with E-state index in [2.05, 4.69) is 22.5 Å². The van der Waals surface area contributed by atoms with Crippen LogP contribution in [-0.2, 0) is 6.42 Å². The zero-order valence-electron chi connectivity index (χ0n) is 18.6. The van der Waals surface area contributed by atoms with Gasteiger partial charge in [0, 0.05) is 45.7 Å². The summed E-state index contributed by atoms with van der Waals surface area (Å²) >= 11 is 0. The molecule has 162 valence electrons. The number of para-hydroxylation sites is 1. The number of amides is 1. The SMILES string of the molecule is CCNC(=NCCCOc1ccccc1C)NCCc1cccc(C(=O)N(C)C)c1. The van der Waals surface area contributed by atoms with E-state index in [1.54, 1.807) is 19.0 Å². The summed E-state index contributed by atoms with van der Waals surface area (Å²) in [6.45, 7) is 6.97. The monoisotopic (exact) mass is 410 g/mol. The van der Waals surface area contributed by atoms with Crippen LogP contribution in [0.15, 0.2) is 53.5 Å². The van der Waals surface area contributed by atoms with Gasteiger partial charge in [0.25, 0.3) is 5.91 Å². The van der Waals surface area contributed by atoms with Gasteiger partial charge in [-0.25, -0.2) is 0 Å². The van der Waals surface area contributed by atoms with Crippen molar-refractivity contribution in [3.63, 3.8) is 0 Å². The van der Waals surface area contributed by atoms with Crippen molar-refractivity contribution in [1.29, 1.82) is 0 Å². The van der Waals surface area contributed by atoms with Crippen LogP contribution in [0.1, 0.15) is 34.8 Å². The number of hydrogen-bond acceptors (Lipinski definition) is 3. The van der Waals surface area contributed by atoms with Gasteiger partial charge in [-0.1, -0.05) is 30.3 Å². The summed E-state index contributed by atoms with van der Waals surface area (Å²) < 4.78 is 5.82. The predicted molar refractivity (Wildman–Crippen MR) is 123 cm³/mol. The zero-order valence-corrected chi connectivity index (χ0v) is 18.6. The van der Waals surface area contributed by atoms with Crippen molar-refractivity contribution >= 4 is 11.9 Å². The van der Waals surface area contributed by atoms with Crippen LogP contribution in [0, 0.1) is 6.92 Å². The second-order valence-corrected chi connectivity index (χ2v) is 7.30. The van der Waals surface area contributed by atoms with Crippen LogP contribution in [-0.4, -0.2) is 57.1 Å². The molecule has 2 N–H and O–H groups in total. The van der Waals surface area contributed by atoms with Crippen molar-refractivity contribution in [2.45, 2.75) is 26.7 Å². The first-order valence-electron chi connectivity index (χ1n) is 10.5. The fraction of sp³-hybridized carbons (Fsp3) is 0.417. The fourth-order valence-corrected chi connectivity index (χ4v) is 2.94. The maximum absolute atomic E-state index is 12.1. The third-order valence-corrected chi connectivity index (χ3v) is 4.55. The highest BCUT2D eigenvalue weighted by molar-refractivity contribution is 5.94. The summed E-state index contributed by atoms with van der Waals surface area (Å²) in [5, 5.41) is 6.63. The number of carbonyl (C=O) groups excluding carboxylic acids is 1. The first-order chi connectivity index (χ1) is 14.5. The molecule has 0 saturated carbocycles. The van der Waals surface area contributed by atoms with Gasteiger partial charge in [-0.3, -0.25) is 9.79 Å². The van der Waals surface area contributed by atoms with Crippen LogP contribution in [0.5, 0.6) is 5.75 Å². The van der Waals surface area contributed by atoms with E-state index < -0.39 is 0 Å². The molecule has 0 aliphatic carbocycles. The molecule has 2 rings (SSSR count). The van der Waals surface area contributed by atoms with Crippen LogP contribution in [0.25, 0.3) is 0 Å². The molecule has 2 aromatic rings. The average Bonchev–Trinajstić information content (AvgIpc) is 2.74. The Morgan fingerprint density at radius 2 is 1.90 bits per heavy atom. The Kier molecular flexibility index (Phi) is 9.71. The molecule has 30 heavy (non-hydrogen) atoms. The number of aliphatic imine (C=N–C) groups is 1. The van der Waals surface area contributed by atoms with E-state index >= 15 is 0 Å². The van der Waals surface area contributed by atoms with Crippen LogP contribution in [0.2, 0.25) is 0 Å². The molecule has 6 heteroatoms. The first kappa shape index (κ1) is 23.3. The molecular weight excluding hydrogens is 376 g/mol. The van der Waals surface area contributed by atoms with Gasteiger partial charge in [-0.2, -0.15) is 0 Å². The maximum atomic E-state index is 12.1. The number of benzene rings is 2. The number of hydrogen-bond donors (Lipinski definition) is 2. The molecule has 0 heterocycles. The number of rotatable bonds is 10. The number of ether oxygens (including phenoxy) is 1. The summed E-state index contributed by atoms with van der Waals surface area (Å²) in [7, 11) is 3.53. The standard InChI is InChI=1S/C24H34N4O2/c1-5-25-24(26-15-9-17-30-22-13-7-6-10-19(22)2)27-16-14-20-11-8-12-21(18-20)23(29)28(3)4/h6-8,10-13,18H,5,9,14-17H2,1-4H3,(H2,25,26,27). The third kappa shape index (κ3) is 7.78. The van der Waals surface area contributed by atoms with Gasteiger partial charge in [0.1, 0.15) is 5.75 Å². The number of nitrogens with zero attached hydrogens (tertiary/aromatic N) is 2. The molecule has 0 unspecified atom stereocenters. The summed E-state index contributed by atoms with van der Waals surface area (Å²) in [5.74, 6) is 1.75. The van der Waals surface area contributed by atoms with Crippen LogP contribution in [0.4, 0.5) is 0 Å². The predicted octanol–water partition coefficient (Wildman–Crippen LogP) is 3.26. The molecule has 0 aliphatic heterocycles. The topological polar surface area (TPSA) is 66.0 Å². The lowest BCUT2D eigenvalue weighted by atomic mass is 10.1. The van der Waals surface area contributed by atoms with Crippen LogP contribution in [0.3, 0.4) is 0 Å². The van der Waals surface area contributed by atoms with E-state index in [4.69, 9.17) is 4.74 Å². The molecular formula is C24H34N4O2. The Labute approximate surface area is 180 Å². The minimum Gasteiger partial charge on any atom is -0.493 e. The summed E-state index contributed by atoms with van der Waals surface area (Å²) in [4.78, 5) is 18.3. The highest BCUT2D eigenvalue weighted by Gasteiger charge is 2.08. The second-order valence-electron chi connectivity index (χ2n) is 7.30. The smallest absolute Gasteiger partial charge is 0.253 e. The molecule has 0 spiro atoms. The Morgan fingerprint density at radius 1 is 1.10 bits per heavy atom. The van der Waals surface area contributed by atoms with Crippen molar-refractivity contribution in [2.75, 3.05) is 40.3 Å². The molecule has 1 amide bonds. The van der Waals surface area contributed by atoms with Crippen molar-refractivity contribution in [2.24, 2.45) is 4.99 Å². The molecule has 0 fully saturated rings. The lowest BCUT2D eigenvalue weighted by molar-refractivity contribution is 0.0827. The normalized spacial score (nSPS) is 11.1. The van der Waals surface area contributed by atoms with Crippen molar-refractivity contribution in [3.8, 4) is 5.75 Å². The molecule has 0 saturated heterocycles. The number of guanidine groups is 1. The second kappa shape index (κ2) is 12.5. The number of nitrogens with one attached hydrogen (secondary N) is 2. The highest BCUT2D eigenvalue weighted by atomic mass is 16.5. The zero-order chi connectivity index (χ0) is 21.8. The third-order valence-electron chi connectivity index (χ3n) is 4.55. The van der Waals surface area contributed by atoms with Crippen molar-refractivity contribution in [1.82, 2.24) is 15.5 Å². The van der Waals surface area contributed by atoms with Gasteiger partial charge < -0.3 is 20.3 Å². The minimum atomic E-state index is 0.0209. The number of carbonyl (C=O) groups is 1. The van der Waals surface area contributed by atoms with E-state index in [1.165, 1.54) is 0 Å². The van der Waals surface area contributed by atoms with Gasteiger partial charge in [-0.05, 0) is 49.6 Å². The maximum Gasteiger partial charge on any atom is 0.253 e. The van der Waals surface area contributed by atoms with E-state index in [-0.39, 0.29) is 5.91 Å². The Hall–Kier alpha value is -3.02. The Balaban J connectivity index is 1.77. The minimum absolute atomic E-state index is 0.0209. The molecule has 2 aromatic carbocycles. The van der Waals surface area contributed by atoms with Crippen LogP contribution < -0.4 is 15.4 Å². The summed E-state index contributed by atoms with van der Waals surface area (Å²) in [6, 6.07) is 15.8. The number of aryl methyl sites for hydroxylation is 1. The molecule has 6 nitrogen and oxygen atoms in total. The molecule has 0 aromatic heterocycles. The summed E-state index contributed by atoms with van der Waals surface area (Å²) in [6.07, 6.45) is 1.66. The lowest BCUT2D eigenvalue weighted by Crippen LogP contribution is -2.38. The van der Waals surface area contributed by atoms with Gasteiger partial charge >= 0.3 is 0 Å². The summed E-state index contributed by atoms with van der Waals surface area (Å²) in [5.41, 5.74) is 2.98. The van der Waals surface area contributed by atoms with E-state index in [0.717, 1.165) is 48.8 Å². The van der Waals surface area contributed by atoms with Gasteiger partial charge in [0.05, 0.1) is 6.61 Å². The lowest BCUT2D eigenvalue weighted by Gasteiger charge is -2.13. The molecule has 0 atom stereocenters. The first-order valence-corrected chi connectivity index (χ1v) is 10.5. The van der Waals surface area contributed by atoms with E-state index in [9.17, 15) is 4.79 Å². The molecule has 0 radical (unpaired) electrons. The van der Waals surface area contributed by atoms with Crippen molar-refractivity contribution < 1.29 is 9.53 Å². The van der Waals surface area contributed by atoms with Gasteiger partial charge in [0.2, 0.25) is 0 Å². The van der Waals surface area contributed by atoms with E-state index in [0.29, 0.717) is 18.7 Å². The van der Waals surface area contributed by atoms with E-state index in [1.807, 2.05) is 55.5 Å². The van der Waals surface area contributed by atoms with Gasteiger partial charge in [-0.15, -0.1) is 0 Å². The Morgan fingerprint density at radius 3 is 2.63 bits per heavy atom. The largest absolute Gasteiger partial charge is 0.493 e. The van der Waals surface area contributed by atoms with Gasteiger partial charge in [0.15, 0.2) is 5.96 Å². The fourth-order valence-electron chi connectivity index (χ4n) is 2.94.